The number of carbonyl (C=O) groups excluding carboxylic acids is 1. The topological polar surface area (TPSA) is 52.9 Å². The van der Waals surface area contributed by atoms with Crippen LogP contribution in [0.3, 0.4) is 0 Å². The third-order valence-corrected chi connectivity index (χ3v) is 3.50. The molecular weight excluding hydrogens is 363 g/mol. The van der Waals surface area contributed by atoms with Crippen molar-refractivity contribution in [3.8, 4) is 6.07 Å². The zero-order valence-electron chi connectivity index (χ0n) is 10.7. The molecule has 0 heterocycles. The van der Waals surface area contributed by atoms with Gasteiger partial charge in [-0.05, 0) is 46.4 Å². The van der Waals surface area contributed by atoms with Crippen LogP contribution in [0, 0.1) is 14.9 Å². The maximum absolute atomic E-state index is 12.1. The lowest BCUT2D eigenvalue weighted by Crippen LogP contribution is -2.35. The van der Waals surface area contributed by atoms with E-state index in [9.17, 15) is 10.1 Å². The van der Waals surface area contributed by atoms with Crippen LogP contribution in [0.5, 0.6) is 0 Å². The molecule has 0 aliphatic rings. The molecule has 2 aromatic carbocycles. The molecule has 0 aliphatic heterocycles. The average Bonchev–Trinajstić information content (AvgIpc) is 2.47. The number of carbonyl (C=O) groups is 1. The molecule has 2 aromatic rings. The Balaban J connectivity index is 2.04. The Morgan fingerprint density at radius 1 is 1.20 bits per heavy atom. The zero-order chi connectivity index (χ0) is 14.4. The second kappa shape index (κ2) is 7.06. The van der Waals surface area contributed by atoms with E-state index in [-0.39, 0.29) is 5.91 Å². The first-order valence-corrected chi connectivity index (χ1v) is 7.27. The third-order valence-electron chi connectivity index (χ3n) is 2.83. The van der Waals surface area contributed by atoms with Crippen molar-refractivity contribution in [2.24, 2.45) is 0 Å². The van der Waals surface area contributed by atoms with Crippen molar-refractivity contribution < 1.29 is 4.79 Å². The summed E-state index contributed by atoms with van der Waals surface area (Å²) in [5, 5.41) is 11.9. The van der Waals surface area contributed by atoms with Gasteiger partial charge in [-0.3, -0.25) is 4.79 Å². The summed E-state index contributed by atoms with van der Waals surface area (Å²) in [6.07, 6.45) is 0.507. The Bertz CT molecular complexity index is 634. The van der Waals surface area contributed by atoms with Gasteiger partial charge in [-0.2, -0.15) is 5.26 Å². The van der Waals surface area contributed by atoms with Crippen molar-refractivity contribution in [2.45, 2.75) is 12.5 Å². The van der Waals surface area contributed by atoms with E-state index >= 15 is 0 Å². The quantitative estimate of drug-likeness (QED) is 0.834. The minimum Gasteiger partial charge on any atom is -0.336 e. The van der Waals surface area contributed by atoms with E-state index in [0.29, 0.717) is 12.0 Å². The molecule has 0 fully saturated rings. The van der Waals surface area contributed by atoms with Gasteiger partial charge in [0.15, 0.2) is 0 Å². The Morgan fingerprint density at radius 3 is 2.60 bits per heavy atom. The fourth-order valence-electron chi connectivity index (χ4n) is 1.85. The van der Waals surface area contributed by atoms with Gasteiger partial charge in [-0.1, -0.05) is 36.4 Å². The number of amides is 1. The molecule has 0 bridgehead atoms. The Morgan fingerprint density at radius 2 is 1.95 bits per heavy atom. The van der Waals surface area contributed by atoms with Crippen molar-refractivity contribution >= 4 is 28.5 Å². The lowest BCUT2D eigenvalue weighted by atomic mass is 10.1. The van der Waals surface area contributed by atoms with E-state index < -0.39 is 6.04 Å². The normalized spacial score (nSPS) is 11.4. The molecule has 100 valence electrons. The first kappa shape index (κ1) is 14.5. The highest BCUT2D eigenvalue weighted by atomic mass is 127. The SMILES string of the molecule is N#CC(Cc1ccccc1)NC(=O)c1cccc(I)c1. The standard InChI is InChI=1S/C16H13IN2O/c17-14-8-4-7-13(10-14)16(20)19-15(11-18)9-12-5-2-1-3-6-12/h1-8,10,15H,9H2,(H,19,20). The van der Waals surface area contributed by atoms with E-state index in [0.717, 1.165) is 9.13 Å². The third kappa shape index (κ3) is 4.07. The number of rotatable bonds is 4. The summed E-state index contributed by atoms with van der Waals surface area (Å²) in [4.78, 5) is 12.1. The average molecular weight is 376 g/mol. The number of hydrogen-bond donors (Lipinski definition) is 1. The molecular formula is C16H13IN2O. The van der Waals surface area contributed by atoms with Crippen LogP contribution in [0.4, 0.5) is 0 Å². The molecule has 1 N–H and O–H groups in total. The molecule has 0 saturated heterocycles. The van der Waals surface area contributed by atoms with Crippen LogP contribution in [0.25, 0.3) is 0 Å². The number of halogens is 1. The van der Waals surface area contributed by atoms with Crippen molar-refractivity contribution in [2.75, 3.05) is 0 Å². The van der Waals surface area contributed by atoms with Crippen LogP contribution < -0.4 is 5.32 Å². The Labute approximate surface area is 131 Å². The van der Waals surface area contributed by atoms with Crippen molar-refractivity contribution in [1.82, 2.24) is 5.32 Å². The predicted molar refractivity (Wildman–Crippen MR) is 86.2 cm³/mol. The van der Waals surface area contributed by atoms with Gasteiger partial charge >= 0.3 is 0 Å². The summed E-state index contributed by atoms with van der Waals surface area (Å²) in [6.45, 7) is 0. The van der Waals surface area contributed by atoms with Gasteiger partial charge in [0.2, 0.25) is 0 Å². The van der Waals surface area contributed by atoms with Gasteiger partial charge < -0.3 is 5.32 Å². The fraction of sp³-hybridized carbons (Fsp3) is 0.125. The highest BCUT2D eigenvalue weighted by Crippen LogP contribution is 2.09. The lowest BCUT2D eigenvalue weighted by molar-refractivity contribution is 0.0945. The Kier molecular flexibility index (Phi) is 5.13. The van der Waals surface area contributed by atoms with Gasteiger partial charge in [0.1, 0.15) is 6.04 Å². The second-order valence-electron chi connectivity index (χ2n) is 4.36. The van der Waals surface area contributed by atoms with Gasteiger partial charge in [0, 0.05) is 15.6 Å². The predicted octanol–water partition coefficient (Wildman–Crippen LogP) is 3.16. The summed E-state index contributed by atoms with van der Waals surface area (Å²) in [7, 11) is 0. The van der Waals surface area contributed by atoms with Crippen LogP contribution in [0.2, 0.25) is 0 Å². The molecule has 0 aromatic heterocycles. The summed E-state index contributed by atoms with van der Waals surface area (Å²) in [5.74, 6) is -0.217. The zero-order valence-corrected chi connectivity index (χ0v) is 12.9. The largest absolute Gasteiger partial charge is 0.336 e. The first-order valence-electron chi connectivity index (χ1n) is 6.19. The summed E-state index contributed by atoms with van der Waals surface area (Å²) < 4.78 is 0.992. The number of benzene rings is 2. The highest BCUT2D eigenvalue weighted by Gasteiger charge is 2.13. The van der Waals surface area contributed by atoms with Gasteiger partial charge in [0.05, 0.1) is 6.07 Å². The molecule has 0 spiro atoms. The van der Waals surface area contributed by atoms with Crippen molar-refractivity contribution in [1.29, 1.82) is 5.26 Å². The van der Waals surface area contributed by atoms with Crippen LogP contribution in [0.15, 0.2) is 54.6 Å². The van der Waals surface area contributed by atoms with Crippen molar-refractivity contribution in [3.05, 3.63) is 69.3 Å². The lowest BCUT2D eigenvalue weighted by Gasteiger charge is -2.12. The number of nitrogens with zero attached hydrogens (tertiary/aromatic N) is 1. The molecule has 1 atom stereocenters. The summed E-state index contributed by atoms with van der Waals surface area (Å²) >= 11 is 2.16. The minimum absolute atomic E-state index is 0.217. The maximum Gasteiger partial charge on any atom is 0.252 e. The molecule has 0 radical (unpaired) electrons. The van der Waals surface area contributed by atoms with E-state index in [1.165, 1.54) is 0 Å². The molecule has 4 heteroatoms. The van der Waals surface area contributed by atoms with Gasteiger partial charge in [-0.25, -0.2) is 0 Å². The molecule has 0 aliphatic carbocycles. The smallest absolute Gasteiger partial charge is 0.252 e. The first-order chi connectivity index (χ1) is 9.69. The monoisotopic (exact) mass is 376 g/mol. The van der Waals surface area contributed by atoms with Crippen molar-refractivity contribution in [3.63, 3.8) is 0 Å². The van der Waals surface area contributed by atoms with Crippen LogP contribution in [-0.2, 0) is 6.42 Å². The summed E-state index contributed by atoms with van der Waals surface area (Å²) in [5.41, 5.74) is 1.60. The van der Waals surface area contributed by atoms with E-state index in [4.69, 9.17) is 0 Å². The fourth-order valence-corrected chi connectivity index (χ4v) is 2.39. The van der Waals surface area contributed by atoms with Gasteiger partial charge in [-0.15, -0.1) is 0 Å². The van der Waals surface area contributed by atoms with E-state index in [1.54, 1.807) is 12.1 Å². The van der Waals surface area contributed by atoms with Crippen LogP contribution >= 0.6 is 22.6 Å². The molecule has 2 rings (SSSR count). The van der Waals surface area contributed by atoms with Crippen LogP contribution in [-0.4, -0.2) is 11.9 Å². The van der Waals surface area contributed by atoms with E-state index in [1.807, 2.05) is 42.5 Å². The molecule has 3 nitrogen and oxygen atoms in total. The number of hydrogen-bond acceptors (Lipinski definition) is 2. The second-order valence-corrected chi connectivity index (χ2v) is 5.60. The summed E-state index contributed by atoms with van der Waals surface area (Å²) in [6, 6.07) is 18.6. The molecule has 1 unspecified atom stereocenters. The molecule has 0 saturated carbocycles. The molecule has 1 amide bonds. The maximum atomic E-state index is 12.1. The van der Waals surface area contributed by atoms with E-state index in [2.05, 4.69) is 34.0 Å². The molecule has 20 heavy (non-hydrogen) atoms. The van der Waals surface area contributed by atoms with Crippen LogP contribution in [0.1, 0.15) is 15.9 Å². The number of nitriles is 1. The Hall–Kier alpha value is -1.87. The minimum atomic E-state index is -0.525. The van der Waals surface area contributed by atoms with Gasteiger partial charge in [0.25, 0.3) is 5.91 Å². The highest BCUT2D eigenvalue weighted by molar-refractivity contribution is 14.1. The number of nitrogens with one attached hydrogen (secondary N) is 1.